The Bertz CT molecular complexity index is 702. The molecule has 22 heavy (non-hydrogen) atoms. The van der Waals surface area contributed by atoms with Crippen LogP contribution in [0.25, 0.3) is 0 Å². The molecular weight excluding hydrogens is 282 g/mol. The van der Waals surface area contributed by atoms with Crippen LogP contribution in [0.1, 0.15) is 35.7 Å². The van der Waals surface area contributed by atoms with Crippen molar-refractivity contribution in [2.75, 3.05) is 12.4 Å². The van der Waals surface area contributed by atoms with Gasteiger partial charge in [-0.05, 0) is 32.0 Å². The van der Waals surface area contributed by atoms with Crippen LogP contribution in [0.15, 0.2) is 34.7 Å². The number of hydrogen-bond acceptors (Lipinski definition) is 4. The third kappa shape index (κ3) is 2.85. The van der Waals surface area contributed by atoms with Gasteiger partial charge in [0.2, 0.25) is 0 Å². The first kappa shape index (κ1) is 14.7. The van der Waals surface area contributed by atoms with E-state index in [0.29, 0.717) is 18.1 Å². The molecule has 0 bridgehead atoms. The molecule has 1 aromatic heterocycles. The Morgan fingerprint density at radius 2 is 2.14 bits per heavy atom. The number of carbonyl (C=O) groups excluding carboxylic acids is 1. The van der Waals surface area contributed by atoms with E-state index < -0.39 is 0 Å². The van der Waals surface area contributed by atoms with Gasteiger partial charge in [0.05, 0.1) is 5.69 Å². The van der Waals surface area contributed by atoms with Crippen molar-refractivity contribution in [3.8, 4) is 5.75 Å². The minimum Gasteiger partial charge on any atom is -0.485 e. The molecule has 1 amide bonds. The van der Waals surface area contributed by atoms with Crippen molar-refractivity contribution in [3.63, 3.8) is 0 Å². The van der Waals surface area contributed by atoms with Gasteiger partial charge in [-0.15, -0.1) is 0 Å². The monoisotopic (exact) mass is 301 g/mol. The molecule has 0 saturated carbocycles. The predicted molar refractivity (Wildman–Crippen MR) is 82.2 cm³/mol. The smallest absolute Gasteiger partial charge is 0.291 e. The zero-order valence-corrected chi connectivity index (χ0v) is 12.9. The number of carbonyl (C=O) groups is 1. The summed E-state index contributed by atoms with van der Waals surface area (Å²) in [6.45, 7) is 4.40. The fourth-order valence-corrected chi connectivity index (χ4v) is 2.62. The molecule has 5 nitrogen and oxygen atoms in total. The molecule has 5 heteroatoms. The van der Waals surface area contributed by atoms with Crippen molar-refractivity contribution in [1.29, 1.82) is 0 Å². The summed E-state index contributed by atoms with van der Waals surface area (Å²) in [7, 11) is 1.58. The standard InChI is InChI=1S/C17H19NO4/c1-17(2)9-11-5-4-6-13(15(11)22-17)18-16(19)14-8-7-12(21-14)10-20-3/h4-8H,9-10H2,1-3H3,(H,18,19). The number of benzene rings is 1. The highest BCUT2D eigenvalue weighted by molar-refractivity contribution is 6.03. The van der Waals surface area contributed by atoms with Gasteiger partial charge in [-0.25, -0.2) is 0 Å². The Morgan fingerprint density at radius 3 is 2.91 bits per heavy atom. The highest BCUT2D eigenvalue weighted by Gasteiger charge is 2.32. The molecule has 0 unspecified atom stereocenters. The number of amides is 1. The van der Waals surface area contributed by atoms with Gasteiger partial charge >= 0.3 is 0 Å². The summed E-state index contributed by atoms with van der Waals surface area (Å²) in [5, 5.41) is 2.85. The first-order valence-corrected chi connectivity index (χ1v) is 7.18. The van der Waals surface area contributed by atoms with E-state index in [0.717, 1.165) is 17.7 Å². The Morgan fingerprint density at radius 1 is 1.32 bits per heavy atom. The van der Waals surface area contributed by atoms with Crippen LogP contribution in [0.3, 0.4) is 0 Å². The Balaban J connectivity index is 1.79. The summed E-state index contributed by atoms with van der Waals surface area (Å²) in [5.41, 5.74) is 1.51. The number of rotatable bonds is 4. The van der Waals surface area contributed by atoms with Crippen LogP contribution in [0.2, 0.25) is 0 Å². The average Bonchev–Trinajstić information content (AvgIpc) is 3.02. The molecule has 1 N–H and O–H groups in total. The van der Waals surface area contributed by atoms with Crippen LogP contribution in [0, 0.1) is 0 Å². The molecule has 0 aliphatic carbocycles. The first-order chi connectivity index (χ1) is 10.5. The van der Waals surface area contributed by atoms with Crippen molar-refractivity contribution in [1.82, 2.24) is 0 Å². The SMILES string of the molecule is COCc1ccc(C(=O)Nc2cccc3c2OC(C)(C)C3)o1. The third-order valence-corrected chi connectivity index (χ3v) is 3.51. The molecule has 0 fully saturated rings. The molecule has 0 atom stereocenters. The second-order valence-corrected chi connectivity index (χ2v) is 5.99. The number of para-hydroxylation sites is 1. The molecule has 1 aromatic carbocycles. The van der Waals surface area contributed by atoms with E-state index in [4.69, 9.17) is 13.9 Å². The fourth-order valence-electron chi connectivity index (χ4n) is 2.62. The maximum absolute atomic E-state index is 12.3. The molecule has 116 valence electrons. The van der Waals surface area contributed by atoms with E-state index >= 15 is 0 Å². The van der Waals surface area contributed by atoms with E-state index in [1.54, 1.807) is 19.2 Å². The van der Waals surface area contributed by atoms with Gasteiger partial charge < -0.3 is 19.2 Å². The van der Waals surface area contributed by atoms with E-state index in [9.17, 15) is 4.79 Å². The second kappa shape index (κ2) is 5.50. The maximum atomic E-state index is 12.3. The molecule has 0 spiro atoms. The molecular formula is C17H19NO4. The Hall–Kier alpha value is -2.27. The number of hydrogen-bond donors (Lipinski definition) is 1. The van der Waals surface area contributed by atoms with Crippen molar-refractivity contribution >= 4 is 11.6 Å². The largest absolute Gasteiger partial charge is 0.485 e. The quantitative estimate of drug-likeness (QED) is 0.940. The van der Waals surface area contributed by atoms with Gasteiger partial charge in [0.1, 0.15) is 23.7 Å². The second-order valence-electron chi connectivity index (χ2n) is 5.99. The van der Waals surface area contributed by atoms with Crippen LogP contribution in [0.4, 0.5) is 5.69 Å². The van der Waals surface area contributed by atoms with Gasteiger partial charge in [0, 0.05) is 19.1 Å². The highest BCUT2D eigenvalue weighted by Crippen LogP contribution is 2.40. The van der Waals surface area contributed by atoms with E-state index in [1.807, 2.05) is 32.0 Å². The van der Waals surface area contributed by atoms with Crippen LogP contribution in [0.5, 0.6) is 5.75 Å². The lowest BCUT2D eigenvalue weighted by Crippen LogP contribution is -2.25. The summed E-state index contributed by atoms with van der Waals surface area (Å²) < 4.78 is 16.4. The lowest BCUT2D eigenvalue weighted by Gasteiger charge is -2.18. The van der Waals surface area contributed by atoms with Crippen LogP contribution in [-0.2, 0) is 17.8 Å². The summed E-state index contributed by atoms with van der Waals surface area (Å²) in [4.78, 5) is 12.3. The average molecular weight is 301 g/mol. The normalized spacial score (nSPS) is 15.2. The maximum Gasteiger partial charge on any atom is 0.291 e. The Kier molecular flexibility index (Phi) is 3.66. The lowest BCUT2D eigenvalue weighted by atomic mass is 10.0. The zero-order chi connectivity index (χ0) is 15.7. The van der Waals surface area contributed by atoms with Gasteiger partial charge in [-0.2, -0.15) is 0 Å². The van der Waals surface area contributed by atoms with Gasteiger partial charge in [-0.3, -0.25) is 4.79 Å². The van der Waals surface area contributed by atoms with E-state index in [2.05, 4.69) is 5.32 Å². The summed E-state index contributed by atoms with van der Waals surface area (Å²) in [5.74, 6) is 1.30. The zero-order valence-electron chi connectivity index (χ0n) is 12.9. The van der Waals surface area contributed by atoms with E-state index in [-0.39, 0.29) is 17.3 Å². The Labute approximate surface area is 129 Å². The van der Waals surface area contributed by atoms with Crippen molar-refractivity contribution in [3.05, 3.63) is 47.4 Å². The minimum atomic E-state index is -0.302. The highest BCUT2D eigenvalue weighted by atomic mass is 16.5. The minimum absolute atomic E-state index is 0.251. The van der Waals surface area contributed by atoms with Crippen molar-refractivity contribution in [2.24, 2.45) is 0 Å². The number of nitrogens with one attached hydrogen (secondary N) is 1. The number of fused-ring (bicyclic) bond motifs is 1. The number of furan rings is 1. The first-order valence-electron chi connectivity index (χ1n) is 7.18. The number of ether oxygens (including phenoxy) is 2. The van der Waals surface area contributed by atoms with Crippen LogP contribution < -0.4 is 10.1 Å². The molecule has 0 radical (unpaired) electrons. The van der Waals surface area contributed by atoms with Crippen molar-refractivity contribution in [2.45, 2.75) is 32.5 Å². The molecule has 2 aromatic rings. The van der Waals surface area contributed by atoms with Crippen LogP contribution in [-0.4, -0.2) is 18.6 Å². The summed E-state index contributed by atoms with van der Waals surface area (Å²) in [6.07, 6.45) is 0.824. The van der Waals surface area contributed by atoms with Gasteiger partial charge in [0.15, 0.2) is 5.76 Å². The molecule has 2 heterocycles. The van der Waals surface area contributed by atoms with Crippen LogP contribution >= 0.6 is 0 Å². The topological polar surface area (TPSA) is 60.7 Å². The number of methoxy groups -OCH3 is 1. The predicted octanol–water partition coefficient (Wildman–Crippen LogP) is 3.39. The summed E-state index contributed by atoms with van der Waals surface area (Å²) >= 11 is 0. The summed E-state index contributed by atoms with van der Waals surface area (Å²) in [6, 6.07) is 9.13. The van der Waals surface area contributed by atoms with Crippen molar-refractivity contribution < 1.29 is 18.7 Å². The van der Waals surface area contributed by atoms with E-state index in [1.165, 1.54) is 0 Å². The third-order valence-electron chi connectivity index (χ3n) is 3.51. The van der Waals surface area contributed by atoms with Gasteiger partial charge in [-0.1, -0.05) is 12.1 Å². The molecule has 3 rings (SSSR count). The lowest BCUT2D eigenvalue weighted by molar-refractivity contribution is 0.0985. The number of anilines is 1. The molecule has 1 aliphatic heterocycles. The molecule has 0 saturated heterocycles. The fraction of sp³-hybridized carbons (Fsp3) is 0.353. The van der Waals surface area contributed by atoms with Gasteiger partial charge in [0.25, 0.3) is 5.91 Å². The molecule has 1 aliphatic rings.